The number of aryl methyl sites for hydroxylation is 1. The molecule has 1 aromatic rings. The third-order valence-electron chi connectivity index (χ3n) is 4.00. The molecule has 2 atom stereocenters. The Morgan fingerprint density at radius 3 is 2.86 bits per heavy atom. The second-order valence-corrected chi connectivity index (χ2v) is 7.35. The first kappa shape index (κ1) is 16.9. The number of piperidine rings is 1. The lowest BCUT2D eigenvalue weighted by atomic mass is 9.98. The molecule has 2 rings (SSSR count). The van der Waals surface area contributed by atoms with Gasteiger partial charge >= 0.3 is 0 Å². The Labute approximate surface area is 136 Å². The number of thioether (sulfide) groups is 1. The van der Waals surface area contributed by atoms with Gasteiger partial charge in [0, 0.05) is 28.8 Å². The van der Waals surface area contributed by atoms with Gasteiger partial charge in [0.05, 0.1) is 5.92 Å². The third kappa shape index (κ3) is 4.50. The lowest BCUT2D eigenvalue weighted by molar-refractivity contribution is -0.126. The molecule has 0 spiro atoms. The summed E-state index contributed by atoms with van der Waals surface area (Å²) in [6.45, 7) is 6.85. The zero-order valence-electron chi connectivity index (χ0n) is 13.4. The molecule has 22 heavy (non-hydrogen) atoms. The minimum atomic E-state index is -0.133. The van der Waals surface area contributed by atoms with E-state index in [0.29, 0.717) is 24.6 Å². The van der Waals surface area contributed by atoms with Crippen LogP contribution < -0.4 is 10.6 Å². The highest BCUT2D eigenvalue weighted by molar-refractivity contribution is 7.99. The lowest BCUT2D eigenvalue weighted by Gasteiger charge is -2.22. The van der Waals surface area contributed by atoms with E-state index < -0.39 is 0 Å². The minimum Gasteiger partial charge on any atom is -0.355 e. The molecule has 1 saturated heterocycles. The molecule has 0 bridgehead atoms. The highest BCUT2D eigenvalue weighted by Crippen LogP contribution is 2.28. The summed E-state index contributed by atoms with van der Waals surface area (Å²) in [6, 6.07) is 6.15. The van der Waals surface area contributed by atoms with Crippen molar-refractivity contribution in [1.82, 2.24) is 5.32 Å². The first-order chi connectivity index (χ1) is 10.5. The molecule has 2 amide bonds. The lowest BCUT2D eigenvalue weighted by Crippen LogP contribution is -2.40. The maximum atomic E-state index is 12.3. The summed E-state index contributed by atoms with van der Waals surface area (Å²) < 4.78 is 0. The molecular formula is C17H24N2O2S. The second kappa shape index (κ2) is 7.68. The van der Waals surface area contributed by atoms with Crippen LogP contribution in [0.15, 0.2) is 23.1 Å². The number of amides is 2. The molecule has 1 heterocycles. The Balaban J connectivity index is 1.97. The molecule has 1 fully saturated rings. The number of hydrogen-bond donors (Lipinski definition) is 2. The van der Waals surface area contributed by atoms with Gasteiger partial charge in [0.15, 0.2) is 0 Å². The van der Waals surface area contributed by atoms with E-state index in [-0.39, 0.29) is 17.7 Å². The van der Waals surface area contributed by atoms with Crippen molar-refractivity contribution in [3.63, 3.8) is 0 Å². The fraction of sp³-hybridized carbons (Fsp3) is 0.529. The molecular weight excluding hydrogens is 296 g/mol. The Bertz CT molecular complexity index is 550. The average Bonchev–Trinajstić information content (AvgIpc) is 2.50. The van der Waals surface area contributed by atoms with Crippen LogP contribution in [0.2, 0.25) is 0 Å². The van der Waals surface area contributed by atoms with Crippen LogP contribution >= 0.6 is 11.8 Å². The van der Waals surface area contributed by atoms with E-state index in [0.717, 1.165) is 17.7 Å². The van der Waals surface area contributed by atoms with Crippen LogP contribution in [-0.4, -0.2) is 23.6 Å². The van der Waals surface area contributed by atoms with Crippen molar-refractivity contribution in [2.24, 2.45) is 5.92 Å². The van der Waals surface area contributed by atoms with Gasteiger partial charge in [0.25, 0.3) is 0 Å². The number of hydrogen-bond acceptors (Lipinski definition) is 3. The number of rotatable bonds is 5. The Morgan fingerprint density at radius 1 is 1.50 bits per heavy atom. The van der Waals surface area contributed by atoms with Crippen molar-refractivity contribution < 1.29 is 9.59 Å². The Hall–Kier alpha value is -1.49. The largest absolute Gasteiger partial charge is 0.355 e. The Kier molecular flexibility index (Phi) is 5.89. The van der Waals surface area contributed by atoms with Crippen molar-refractivity contribution in [2.75, 3.05) is 11.9 Å². The first-order valence-electron chi connectivity index (χ1n) is 7.84. The summed E-state index contributed by atoms with van der Waals surface area (Å²) in [4.78, 5) is 24.6. The summed E-state index contributed by atoms with van der Waals surface area (Å²) >= 11 is 1.85. The van der Waals surface area contributed by atoms with Gasteiger partial charge in [-0.25, -0.2) is 0 Å². The van der Waals surface area contributed by atoms with E-state index in [2.05, 4.69) is 36.6 Å². The van der Waals surface area contributed by atoms with Crippen LogP contribution in [0.4, 0.5) is 5.69 Å². The van der Waals surface area contributed by atoms with E-state index in [1.165, 1.54) is 4.90 Å². The highest BCUT2D eigenvalue weighted by atomic mass is 32.2. The van der Waals surface area contributed by atoms with Gasteiger partial charge < -0.3 is 10.6 Å². The Morgan fingerprint density at radius 2 is 2.27 bits per heavy atom. The van der Waals surface area contributed by atoms with E-state index >= 15 is 0 Å². The summed E-state index contributed by atoms with van der Waals surface area (Å²) in [6.07, 6.45) is 2.19. The fourth-order valence-corrected chi connectivity index (χ4v) is 3.38. The van der Waals surface area contributed by atoms with Gasteiger partial charge in [-0.2, -0.15) is 0 Å². The molecule has 0 unspecified atom stereocenters. The normalized spacial score (nSPS) is 19.4. The van der Waals surface area contributed by atoms with E-state index in [9.17, 15) is 9.59 Å². The van der Waals surface area contributed by atoms with E-state index in [1.807, 2.05) is 24.8 Å². The zero-order chi connectivity index (χ0) is 16.1. The van der Waals surface area contributed by atoms with Crippen molar-refractivity contribution in [2.45, 2.75) is 50.2 Å². The molecule has 1 aromatic carbocycles. The maximum Gasteiger partial charge on any atom is 0.229 e. The van der Waals surface area contributed by atoms with Crippen molar-refractivity contribution in [3.8, 4) is 0 Å². The molecule has 120 valence electrons. The van der Waals surface area contributed by atoms with Gasteiger partial charge in [-0.15, -0.1) is 11.8 Å². The maximum absolute atomic E-state index is 12.3. The van der Waals surface area contributed by atoms with Crippen LogP contribution in [0.25, 0.3) is 0 Å². The van der Waals surface area contributed by atoms with Crippen molar-refractivity contribution in [3.05, 3.63) is 23.8 Å². The van der Waals surface area contributed by atoms with E-state index in [4.69, 9.17) is 0 Å². The van der Waals surface area contributed by atoms with Gasteiger partial charge in [-0.3, -0.25) is 9.59 Å². The van der Waals surface area contributed by atoms with Gasteiger partial charge in [-0.1, -0.05) is 13.8 Å². The molecule has 0 radical (unpaired) electrons. The number of anilines is 1. The van der Waals surface area contributed by atoms with Crippen LogP contribution in [-0.2, 0) is 9.59 Å². The van der Waals surface area contributed by atoms with Gasteiger partial charge in [-0.05, 0) is 43.5 Å². The van der Waals surface area contributed by atoms with Crippen LogP contribution in [0, 0.1) is 12.8 Å². The monoisotopic (exact) mass is 320 g/mol. The minimum absolute atomic E-state index is 0.00886. The van der Waals surface area contributed by atoms with Crippen LogP contribution in [0.1, 0.15) is 38.7 Å². The summed E-state index contributed by atoms with van der Waals surface area (Å²) in [5.74, 6) is -0.108. The highest BCUT2D eigenvalue weighted by Gasteiger charge is 2.24. The molecule has 0 aromatic heterocycles. The summed E-state index contributed by atoms with van der Waals surface area (Å²) in [5, 5.41) is 6.33. The average molecular weight is 320 g/mol. The quantitative estimate of drug-likeness (QED) is 0.818. The standard InChI is InChI=1S/C17H24N2O2S/c1-4-12(3)22-14-6-7-15(11(2)9-14)19-17(21)13-5-8-16(20)18-10-13/h6-7,9,12-13H,4-5,8,10H2,1-3H3,(H,18,20)(H,19,21)/t12-,13+/m0/s1. The predicted octanol–water partition coefficient (Wildman–Crippen LogP) is 3.35. The van der Waals surface area contributed by atoms with Crippen molar-refractivity contribution >= 4 is 29.3 Å². The molecule has 2 N–H and O–H groups in total. The summed E-state index contributed by atoms with van der Waals surface area (Å²) in [7, 11) is 0. The summed E-state index contributed by atoms with van der Waals surface area (Å²) in [5.41, 5.74) is 1.93. The van der Waals surface area contributed by atoms with Gasteiger partial charge in [0.2, 0.25) is 11.8 Å². The topological polar surface area (TPSA) is 58.2 Å². The second-order valence-electron chi connectivity index (χ2n) is 5.84. The van der Waals surface area contributed by atoms with E-state index in [1.54, 1.807) is 0 Å². The molecule has 1 aliphatic heterocycles. The number of carbonyl (C=O) groups is 2. The fourth-order valence-electron chi connectivity index (χ4n) is 2.36. The smallest absolute Gasteiger partial charge is 0.229 e. The SMILES string of the molecule is CC[C@H](C)Sc1ccc(NC(=O)[C@@H]2CCC(=O)NC2)c(C)c1. The number of benzene rings is 1. The molecule has 5 heteroatoms. The number of nitrogens with one attached hydrogen (secondary N) is 2. The van der Waals surface area contributed by atoms with Crippen LogP contribution in [0.5, 0.6) is 0 Å². The molecule has 0 saturated carbocycles. The van der Waals surface area contributed by atoms with Crippen molar-refractivity contribution in [1.29, 1.82) is 0 Å². The van der Waals surface area contributed by atoms with Gasteiger partial charge in [0.1, 0.15) is 0 Å². The predicted molar refractivity (Wildman–Crippen MR) is 91.2 cm³/mol. The molecule has 1 aliphatic rings. The molecule has 4 nitrogen and oxygen atoms in total. The first-order valence-corrected chi connectivity index (χ1v) is 8.72. The molecule has 0 aliphatic carbocycles. The van der Waals surface area contributed by atoms with Crippen LogP contribution in [0.3, 0.4) is 0 Å². The number of carbonyl (C=O) groups excluding carboxylic acids is 2. The zero-order valence-corrected chi connectivity index (χ0v) is 14.3. The third-order valence-corrected chi connectivity index (χ3v) is 5.27.